The number of likely N-dealkylation sites (tertiary alicyclic amines) is 1. The molecule has 0 radical (unpaired) electrons. The normalized spacial score (nSPS) is 30.7. The Kier molecular flexibility index (Phi) is 3.80. The Morgan fingerprint density at radius 3 is 2.37 bits per heavy atom. The molecule has 2 rings (SSSR count). The van der Waals surface area contributed by atoms with Gasteiger partial charge in [0, 0.05) is 24.5 Å². The largest absolute Gasteiger partial charge is 0.444 e. The van der Waals surface area contributed by atoms with Gasteiger partial charge in [0.1, 0.15) is 5.60 Å². The molecule has 2 fully saturated rings. The van der Waals surface area contributed by atoms with E-state index in [1.165, 1.54) is 0 Å². The molecule has 2 atom stereocenters. The standard InChI is InChI=1S/C14H26N2O3/c1-10-11(15)14(9-18-10)5-7-16(8-6-14)12(17)19-13(2,3)4/h10-11H,5-9,15H2,1-4H3. The average molecular weight is 270 g/mol. The summed E-state index contributed by atoms with van der Waals surface area (Å²) in [6, 6.07) is 0.0771. The van der Waals surface area contributed by atoms with E-state index in [9.17, 15) is 4.79 Å². The predicted octanol–water partition coefficient (Wildman–Crippen LogP) is 1.75. The van der Waals surface area contributed by atoms with Crippen molar-refractivity contribution in [2.45, 2.75) is 58.3 Å². The number of carbonyl (C=O) groups excluding carboxylic acids is 1. The van der Waals surface area contributed by atoms with Crippen molar-refractivity contribution in [2.75, 3.05) is 19.7 Å². The number of piperidine rings is 1. The highest BCUT2D eigenvalue weighted by molar-refractivity contribution is 5.68. The van der Waals surface area contributed by atoms with Gasteiger partial charge in [-0.1, -0.05) is 0 Å². The number of hydrogen-bond donors (Lipinski definition) is 1. The van der Waals surface area contributed by atoms with Crippen LogP contribution in [0.15, 0.2) is 0 Å². The number of hydrogen-bond acceptors (Lipinski definition) is 4. The Labute approximate surface area is 115 Å². The molecule has 0 aromatic rings. The quantitative estimate of drug-likeness (QED) is 0.728. The van der Waals surface area contributed by atoms with Gasteiger partial charge in [-0.05, 0) is 40.5 Å². The molecule has 110 valence electrons. The summed E-state index contributed by atoms with van der Waals surface area (Å²) in [5, 5.41) is 0. The van der Waals surface area contributed by atoms with E-state index in [2.05, 4.69) is 0 Å². The lowest BCUT2D eigenvalue weighted by molar-refractivity contribution is 0.00687. The number of amides is 1. The van der Waals surface area contributed by atoms with Crippen molar-refractivity contribution in [1.82, 2.24) is 4.90 Å². The maximum atomic E-state index is 12.0. The molecule has 0 bridgehead atoms. The Balaban J connectivity index is 1.91. The van der Waals surface area contributed by atoms with E-state index in [-0.39, 0.29) is 23.7 Å². The van der Waals surface area contributed by atoms with Gasteiger partial charge in [-0.2, -0.15) is 0 Å². The van der Waals surface area contributed by atoms with Crippen LogP contribution in [-0.4, -0.2) is 48.4 Å². The van der Waals surface area contributed by atoms with E-state index >= 15 is 0 Å². The summed E-state index contributed by atoms with van der Waals surface area (Å²) >= 11 is 0. The molecular weight excluding hydrogens is 244 g/mol. The van der Waals surface area contributed by atoms with Crippen LogP contribution < -0.4 is 5.73 Å². The number of nitrogens with zero attached hydrogens (tertiary/aromatic N) is 1. The first kappa shape index (κ1) is 14.6. The molecule has 0 aliphatic carbocycles. The number of ether oxygens (including phenoxy) is 2. The van der Waals surface area contributed by atoms with Crippen LogP contribution in [-0.2, 0) is 9.47 Å². The van der Waals surface area contributed by atoms with Gasteiger partial charge in [0.15, 0.2) is 0 Å². The summed E-state index contributed by atoms with van der Waals surface area (Å²) in [4.78, 5) is 13.8. The number of nitrogens with two attached hydrogens (primary N) is 1. The minimum atomic E-state index is -0.437. The van der Waals surface area contributed by atoms with E-state index in [0.717, 1.165) is 19.4 Å². The van der Waals surface area contributed by atoms with Crippen molar-refractivity contribution in [2.24, 2.45) is 11.1 Å². The third-order valence-electron chi connectivity index (χ3n) is 4.26. The van der Waals surface area contributed by atoms with Gasteiger partial charge in [-0.25, -0.2) is 4.79 Å². The van der Waals surface area contributed by atoms with Crippen molar-refractivity contribution >= 4 is 6.09 Å². The van der Waals surface area contributed by atoms with Gasteiger partial charge in [-0.3, -0.25) is 0 Å². The number of rotatable bonds is 0. The molecular formula is C14H26N2O3. The first-order valence-electron chi connectivity index (χ1n) is 7.09. The van der Waals surface area contributed by atoms with Crippen LogP contribution in [0.3, 0.4) is 0 Å². The van der Waals surface area contributed by atoms with Crippen molar-refractivity contribution in [1.29, 1.82) is 0 Å². The maximum absolute atomic E-state index is 12.0. The van der Waals surface area contributed by atoms with Gasteiger partial charge in [0.05, 0.1) is 12.7 Å². The Hall–Kier alpha value is -0.810. The molecule has 2 heterocycles. The van der Waals surface area contributed by atoms with E-state index in [1.54, 1.807) is 4.90 Å². The average Bonchev–Trinajstić information content (AvgIpc) is 2.57. The van der Waals surface area contributed by atoms with Gasteiger partial charge >= 0.3 is 6.09 Å². The zero-order valence-electron chi connectivity index (χ0n) is 12.4. The second-order valence-corrected chi connectivity index (χ2v) is 6.87. The molecule has 1 spiro atoms. The second-order valence-electron chi connectivity index (χ2n) is 6.87. The highest BCUT2D eigenvalue weighted by Crippen LogP contribution is 2.41. The maximum Gasteiger partial charge on any atom is 0.410 e. The molecule has 2 unspecified atom stereocenters. The molecule has 2 N–H and O–H groups in total. The third-order valence-corrected chi connectivity index (χ3v) is 4.26. The Bertz CT molecular complexity index is 343. The van der Waals surface area contributed by atoms with Crippen molar-refractivity contribution in [3.63, 3.8) is 0 Å². The Morgan fingerprint density at radius 1 is 1.37 bits per heavy atom. The minimum absolute atomic E-state index is 0.0535. The topological polar surface area (TPSA) is 64.8 Å². The van der Waals surface area contributed by atoms with Gasteiger partial charge in [0.2, 0.25) is 0 Å². The van der Waals surface area contributed by atoms with Crippen LogP contribution in [0.5, 0.6) is 0 Å². The second kappa shape index (κ2) is 4.94. The summed E-state index contributed by atoms with van der Waals surface area (Å²) in [7, 11) is 0. The molecule has 5 nitrogen and oxygen atoms in total. The van der Waals surface area contributed by atoms with Crippen molar-refractivity contribution in [3.05, 3.63) is 0 Å². The van der Waals surface area contributed by atoms with Crippen molar-refractivity contribution in [3.8, 4) is 0 Å². The van der Waals surface area contributed by atoms with Crippen LogP contribution >= 0.6 is 0 Å². The third kappa shape index (κ3) is 3.03. The first-order valence-corrected chi connectivity index (χ1v) is 7.09. The van der Waals surface area contributed by atoms with Gasteiger partial charge in [0.25, 0.3) is 0 Å². The molecule has 2 aliphatic heterocycles. The van der Waals surface area contributed by atoms with E-state index in [0.29, 0.717) is 13.1 Å². The minimum Gasteiger partial charge on any atom is -0.444 e. The van der Waals surface area contributed by atoms with Crippen LogP contribution in [0.1, 0.15) is 40.5 Å². The fourth-order valence-corrected chi connectivity index (χ4v) is 2.93. The lowest BCUT2D eigenvalue weighted by atomic mass is 9.73. The van der Waals surface area contributed by atoms with Crippen LogP contribution in [0.2, 0.25) is 0 Å². The first-order chi connectivity index (χ1) is 8.73. The lowest BCUT2D eigenvalue weighted by Gasteiger charge is -2.41. The SMILES string of the molecule is CC1OCC2(CCN(C(=O)OC(C)(C)C)CC2)C1N. The van der Waals surface area contributed by atoms with Crippen LogP contribution in [0.4, 0.5) is 4.79 Å². The summed E-state index contributed by atoms with van der Waals surface area (Å²) in [6.45, 7) is 9.82. The highest BCUT2D eigenvalue weighted by atomic mass is 16.6. The van der Waals surface area contributed by atoms with E-state index < -0.39 is 5.60 Å². The summed E-state index contributed by atoms with van der Waals surface area (Å²) < 4.78 is 11.1. The van der Waals surface area contributed by atoms with Crippen LogP contribution in [0.25, 0.3) is 0 Å². The summed E-state index contributed by atoms with van der Waals surface area (Å²) in [5.74, 6) is 0. The molecule has 1 amide bonds. The summed E-state index contributed by atoms with van der Waals surface area (Å²) in [5.41, 5.74) is 5.87. The molecule has 2 saturated heterocycles. The molecule has 0 saturated carbocycles. The van der Waals surface area contributed by atoms with E-state index in [4.69, 9.17) is 15.2 Å². The molecule has 0 aromatic heterocycles. The molecule has 5 heteroatoms. The smallest absolute Gasteiger partial charge is 0.410 e. The molecule has 19 heavy (non-hydrogen) atoms. The Morgan fingerprint density at radius 2 is 1.95 bits per heavy atom. The van der Waals surface area contributed by atoms with Crippen molar-refractivity contribution < 1.29 is 14.3 Å². The van der Waals surface area contributed by atoms with Gasteiger partial charge < -0.3 is 20.1 Å². The highest BCUT2D eigenvalue weighted by Gasteiger charge is 2.48. The summed E-state index contributed by atoms with van der Waals surface area (Å²) in [6.07, 6.45) is 1.70. The monoisotopic (exact) mass is 270 g/mol. The predicted molar refractivity (Wildman–Crippen MR) is 72.9 cm³/mol. The van der Waals surface area contributed by atoms with Gasteiger partial charge in [-0.15, -0.1) is 0 Å². The lowest BCUT2D eigenvalue weighted by Crippen LogP contribution is -2.52. The fraction of sp³-hybridized carbons (Fsp3) is 0.929. The van der Waals surface area contributed by atoms with E-state index in [1.807, 2.05) is 27.7 Å². The zero-order chi connectivity index (χ0) is 14.3. The molecule has 2 aliphatic rings. The fourth-order valence-electron chi connectivity index (χ4n) is 2.93. The molecule has 0 aromatic carbocycles. The van der Waals surface area contributed by atoms with Crippen LogP contribution in [0, 0.1) is 5.41 Å². The zero-order valence-corrected chi connectivity index (χ0v) is 12.4. The number of carbonyl (C=O) groups is 1.